The number of methoxy groups -OCH3 is 2. The highest BCUT2D eigenvalue weighted by atomic mass is 16.6. The highest BCUT2D eigenvalue weighted by Gasteiger charge is 2.30. The molecule has 4 bridgehead atoms. The third-order valence-electron chi connectivity index (χ3n) is 5.07. The highest BCUT2D eigenvalue weighted by Crippen LogP contribution is 2.33. The first-order valence-corrected chi connectivity index (χ1v) is 10.9. The Morgan fingerprint density at radius 1 is 1.03 bits per heavy atom. The zero-order valence-corrected chi connectivity index (χ0v) is 20.0. The summed E-state index contributed by atoms with van der Waals surface area (Å²) >= 11 is 0. The van der Waals surface area contributed by atoms with Crippen molar-refractivity contribution in [2.75, 3.05) is 14.2 Å². The van der Waals surface area contributed by atoms with E-state index in [0.717, 1.165) is 11.1 Å². The third kappa shape index (κ3) is 6.63. The van der Waals surface area contributed by atoms with Gasteiger partial charge in [-0.1, -0.05) is 18.2 Å². The van der Waals surface area contributed by atoms with Crippen LogP contribution < -0.4 is 20.1 Å². The second-order valence-corrected chi connectivity index (χ2v) is 8.92. The fourth-order valence-corrected chi connectivity index (χ4v) is 3.49. The van der Waals surface area contributed by atoms with Crippen molar-refractivity contribution in [1.29, 1.82) is 0 Å². The van der Waals surface area contributed by atoms with Crippen molar-refractivity contribution in [3.63, 3.8) is 0 Å². The first-order valence-electron chi connectivity index (χ1n) is 10.9. The first-order chi connectivity index (χ1) is 16.1. The van der Waals surface area contributed by atoms with E-state index < -0.39 is 35.7 Å². The van der Waals surface area contributed by atoms with Gasteiger partial charge in [0.1, 0.15) is 23.4 Å². The molecule has 0 aliphatic carbocycles. The van der Waals surface area contributed by atoms with E-state index in [9.17, 15) is 14.4 Å². The molecule has 0 fully saturated rings. The molecule has 2 aliphatic heterocycles. The highest BCUT2D eigenvalue weighted by molar-refractivity contribution is 5.90. The average molecular weight is 471 g/mol. The van der Waals surface area contributed by atoms with Crippen LogP contribution in [0.4, 0.5) is 4.79 Å². The number of benzene rings is 2. The van der Waals surface area contributed by atoms with Crippen LogP contribution in [0, 0.1) is 0 Å². The van der Waals surface area contributed by atoms with Crippen molar-refractivity contribution in [2.24, 2.45) is 0 Å². The molecule has 2 N–H and O–H groups in total. The summed E-state index contributed by atoms with van der Waals surface area (Å²) in [7, 11) is 2.79. The second-order valence-electron chi connectivity index (χ2n) is 8.92. The summed E-state index contributed by atoms with van der Waals surface area (Å²) < 4.78 is 21.6. The Labute approximate surface area is 198 Å². The molecule has 9 heteroatoms. The van der Waals surface area contributed by atoms with E-state index in [1.54, 1.807) is 70.3 Å². The zero-order valence-electron chi connectivity index (χ0n) is 20.0. The maximum absolute atomic E-state index is 13.2. The molecule has 0 radical (unpaired) electrons. The number of carbonyl (C=O) groups excluding carboxylic acids is 3. The Bertz CT molecular complexity index is 1040. The maximum Gasteiger partial charge on any atom is 0.408 e. The molecule has 2 aromatic carbocycles. The van der Waals surface area contributed by atoms with Crippen molar-refractivity contribution >= 4 is 18.0 Å². The third-order valence-corrected chi connectivity index (χ3v) is 5.07. The lowest BCUT2D eigenvalue weighted by molar-refractivity contribution is -0.145. The fourth-order valence-electron chi connectivity index (χ4n) is 3.49. The fraction of sp³-hybridized carbons (Fsp3) is 0.400. The van der Waals surface area contributed by atoms with Crippen LogP contribution in [0.3, 0.4) is 0 Å². The summed E-state index contributed by atoms with van der Waals surface area (Å²) in [5.74, 6) is 0.428. The van der Waals surface area contributed by atoms with E-state index in [1.165, 1.54) is 7.11 Å². The number of ether oxygens (including phenoxy) is 4. The number of carbonyl (C=O) groups is 3. The van der Waals surface area contributed by atoms with Crippen LogP contribution in [0.2, 0.25) is 0 Å². The van der Waals surface area contributed by atoms with E-state index >= 15 is 0 Å². The van der Waals surface area contributed by atoms with Gasteiger partial charge < -0.3 is 29.6 Å². The van der Waals surface area contributed by atoms with Crippen molar-refractivity contribution < 1.29 is 33.3 Å². The van der Waals surface area contributed by atoms with Gasteiger partial charge in [-0.05, 0) is 56.2 Å². The van der Waals surface area contributed by atoms with Crippen LogP contribution in [-0.4, -0.2) is 49.9 Å². The number of fused-ring (bicyclic) bond motifs is 7. The lowest BCUT2D eigenvalue weighted by Gasteiger charge is -2.25. The van der Waals surface area contributed by atoms with Crippen molar-refractivity contribution in [3.05, 3.63) is 53.6 Å². The van der Waals surface area contributed by atoms with Crippen LogP contribution in [0.15, 0.2) is 42.5 Å². The van der Waals surface area contributed by atoms with Crippen LogP contribution in [0.25, 0.3) is 0 Å². The number of esters is 1. The normalized spacial score (nSPS) is 18.1. The molecule has 9 nitrogen and oxygen atoms in total. The summed E-state index contributed by atoms with van der Waals surface area (Å²) in [6.07, 6.45) is -0.410. The van der Waals surface area contributed by atoms with E-state index in [1.807, 2.05) is 0 Å². The van der Waals surface area contributed by atoms with Crippen LogP contribution in [0.5, 0.6) is 17.2 Å². The molecule has 4 rings (SSSR count). The summed E-state index contributed by atoms with van der Waals surface area (Å²) in [6.45, 7) is 5.19. The number of nitrogens with one attached hydrogen (secondary N) is 2. The van der Waals surface area contributed by atoms with Crippen molar-refractivity contribution in [3.8, 4) is 17.2 Å². The average Bonchev–Trinajstić information content (AvgIpc) is 2.77. The summed E-state index contributed by atoms with van der Waals surface area (Å²) in [5.41, 5.74) is 0.759. The largest absolute Gasteiger partial charge is 0.493 e. The summed E-state index contributed by atoms with van der Waals surface area (Å²) in [5, 5.41) is 5.33. The smallest absolute Gasteiger partial charge is 0.408 e. The minimum atomic E-state index is -0.983. The topological polar surface area (TPSA) is 112 Å². The predicted molar refractivity (Wildman–Crippen MR) is 124 cm³/mol. The van der Waals surface area contributed by atoms with Gasteiger partial charge in [0.05, 0.1) is 14.2 Å². The summed E-state index contributed by atoms with van der Waals surface area (Å²) in [4.78, 5) is 38.1. The van der Waals surface area contributed by atoms with Crippen LogP contribution >= 0.6 is 0 Å². The van der Waals surface area contributed by atoms with Crippen LogP contribution in [-0.2, 0) is 31.9 Å². The number of alkyl carbamates (subject to hydrolysis) is 1. The van der Waals surface area contributed by atoms with Crippen LogP contribution in [0.1, 0.15) is 31.9 Å². The van der Waals surface area contributed by atoms with Gasteiger partial charge in [0.15, 0.2) is 11.5 Å². The molecule has 0 spiro atoms. The number of rotatable bonds is 3. The molecule has 2 heterocycles. The quantitative estimate of drug-likeness (QED) is 0.663. The van der Waals surface area contributed by atoms with Gasteiger partial charge in [0.2, 0.25) is 5.91 Å². The lowest BCUT2D eigenvalue weighted by Crippen LogP contribution is -2.53. The molecule has 2 aliphatic rings. The van der Waals surface area contributed by atoms with Gasteiger partial charge in [0.25, 0.3) is 0 Å². The molecule has 0 saturated heterocycles. The van der Waals surface area contributed by atoms with Gasteiger partial charge in [-0.3, -0.25) is 4.79 Å². The molecular formula is C25H30N2O7. The molecular weight excluding hydrogens is 440 g/mol. The van der Waals surface area contributed by atoms with Crippen molar-refractivity contribution in [2.45, 2.75) is 51.3 Å². The van der Waals surface area contributed by atoms with Gasteiger partial charge in [-0.15, -0.1) is 0 Å². The van der Waals surface area contributed by atoms with Crippen molar-refractivity contribution in [1.82, 2.24) is 10.6 Å². The second kappa shape index (κ2) is 10.5. The molecule has 0 aromatic heterocycles. The Hall–Kier alpha value is -3.75. The Kier molecular flexibility index (Phi) is 7.65. The molecule has 0 unspecified atom stereocenters. The maximum atomic E-state index is 13.2. The Morgan fingerprint density at radius 2 is 1.71 bits per heavy atom. The minimum Gasteiger partial charge on any atom is -0.493 e. The molecule has 2 amide bonds. The number of hydrogen-bond acceptors (Lipinski definition) is 7. The zero-order chi connectivity index (χ0) is 24.9. The molecule has 182 valence electrons. The summed E-state index contributed by atoms with van der Waals surface area (Å²) in [6, 6.07) is 10.4. The molecule has 2 atom stereocenters. The monoisotopic (exact) mass is 470 g/mol. The number of amides is 2. The SMILES string of the molecule is COC(=O)[C@@H]1Cc2ccc(OC)c(c2)Oc2ccc(cc2)C[C@H](NC(=O)OC(C)(C)C)C(=O)N1. The Balaban J connectivity index is 1.98. The van der Waals surface area contributed by atoms with E-state index in [2.05, 4.69) is 10.6 Å². The molecule has 0 saturated carbocycles. The minimum absolute atomic E-state index is 0.148. The standard InChI is InChI=1S/C25H30N2O7/c1-25(2,3)34-24(30)27-18-12-15-6-9-17(10-7-15)33-21-14-16(8-11-20(21)31-4)13-19(23(29)32-5)26-22(18)28/h6-11,14,18-19H,12-13H2,1-5H3,(H,26,28)(H,27,30)/t18-,19-/m0/s1. The lowest BCUT2D eigenvalue weighted by atomic mass is 10.0. The van der Waals surface area contributed by atoms with Gasteiger partial charge >= 0.3 is 12.1 Å². The first kappa shape index (κ1) is 24.9. The molecule has 34 heavy (non-hydrogen) atoms. The van der Waals surface area contributed by atoms with Gasteiger partial charge in [-0.2, -0.15) is 0 Å². The van der Waals surface area contributed by atoms with E-state index in [4.69, 9.17) is 18.9 Å². The Morgan fingerprint density at radius 3 is 2.32 bits per heavy atom. The number of hydrogen-bond donors (Lipinski definition) is 2. The van der Waals surface area contributed by atoms with E-state index in [-0.39, 0.29) is 12.8 Å². The van der Waals surface area contributed by atoms with Gasteiger partial charge in [0, 0.05) is 12.8 Å². The van der Waals surface area contributed by atoms with E-state index in [0.29, 0.717) is 17.2 Å². The predicted octanol–water partition coefficient (Wildman–Crippen LogP) is 3.14. The van der Waals surface area contributed by atoms with Gasteiger partial charge in [-0.25, -0.2) is 9.59 Å². The molecule has 2 aromatic rings.